The summed E-state index contributed by atoms with van der Waals surface area (Å²) in [5.41, 5.74) is 5.17. The SMILES string of the molecule is Cc1cc(/C=C2\C(=O)N(C)c3ccc(S(=O)(=O)N4CCOCC4)cc32)c(C)n1-c1ccc(NC2CCCC2)c([N+](=O)[O-])c1. The lowest BCUT2D eigenvalue weighted by Crippen LogP contribution is -2.40. The van der Waals surface area contributed by atoms with Crippen LogP contribution in [0.2, 0.25) is 0 Å². The van der Waals surface area contributed by atoms with Crippen LogP contribution in [0.4, 0.5) is 17.1 Å². The topological polar surface area (TPSA) is 127 Å². The van der Waals surface area contributed by atoms with Gasteiger partial charge in [0.1, 0.15) is 5.69 Å². The van der Waals surface area contributed by atoms with Crippen LogP contribution in [0.15, 0.2) is 47.4 Å². The molecule has 1 aromatic heterocycles. The van der Waals surface area contributed by atoms with Gasteiger partial charge in [0.05, 0.1) is 34.4 Å². The van der Waals surface area contributed by atoms with Crippen LogP contribution in [-0.4, -0.2) is 67.5 Å². The molecule has 1 N–H and O–H groups in total. The number of hydrogen-bond donors (Lipinski definition) is 1. The fourth-order valence-electron chi connectivity index (χ4n) is 6.37. The molecule has 0 bridgehead atoms. The van der Waals surface area contributed by atoms with Crippen LogP contribution in [0.5, 0.6) is 0 Å². The van der Waals surface area contributed by atoms with E-state index in [1.807, 2.05) is 30.5 Å². The van der Waals surface area contributed by atoms with Crippen LogP contribution in [0.3, 0.4) is 0 Å². The molecule has 0 radical (unpaired) electrons. The zero-order chi connectivity index (χ0) is 30.5. The fraction of sp³-hybridized carbons (Fsp3) is 0.387. The number of nitro groups is 1. The Morgan fingerprint density at radius 1 is 1.05 bits per heavy atom. The number of ether oxygens (including phenoxy) is 1. The fourth-order valence-corrected chi connectivity index (χ4v) is 7.81. The lowest BCUT2D eigenvalue weighted by Gasteiger charge is -2.26. The highest BCUT2D eigenvalue weighted by molar-refractivity contribution is 7.89. The average molecular weight is 606 g/mol. The second-order valence-electron chi connectivity index (χ2n) is 11.4. The Kier molecular flexibility index (Phi) is 7.61. The number of aryl methyl sites for hydroxylation is 1. The summed E-state index contributed by atoms with van der Waals surface area (Å²) in [5.74, 6) is -0.237. The highest BCUT2D eigenvalue weighted by Gasteiger charge is 2.34. The van der Waals surface area contributed by atoms with Crippen LogP contribution < -0.4 is 10.2 Å². The van der Waals surface area contributed by atoms with Gasteiger partial charge in [0.2, 0.25) is 10.0 Å². The summed E-state index contributed by atoms with van der Waals surface area (Å²) in [5, 5.41) is 15.4. The lowest BCUT2D eigenvalue weighted by molar-refractivity contribution is -0.384. The van der Waals surface area contributed by atoms with E-state index in [1.165, 1.54) is 9.21 Å². The Bertz CT molecular complexity index is 1750. The molecular weight excluding hydrogens is 570 g/mol. The molecule has 1 aliphatic carbocycles. The van der Waals surface area contributed by atoms with E-state index in [0.29, 0.717) is 41.4 Å². The minimum Gasteiger partial charge on any atom is -0.379 e. The first-order chi connectivity index (χ1) is 20.6. The van der Waals surface area contributed by atoms with Crippen LogP contribution in [0, 0.1) is 24.0 Å². The van der Waals surface area contributed by atoms with Gasteiger partial charge in [-0.2, -0.15) is 4.31 Å². The molecule has 12 heteroatoms. The first-order valence-electron chi connectivity index (χ1n) is 14.5. The Morgan fingerprint density at radius 3 is 2.47 bits per heavy atom. The standard InChI is InChI=1S/C31H35N5O6S/c1-20-16-22(21(2)35(20)24-8-10-28(30(18-24)36(38)39)32-23-6-4-5-7-23)17-27-26-19-25(9-11-29(26)33(3)31(27)37)43(40,41)34-12-14-42-15-13-34/h8-11,16-19,23,32H,4-7,12-15H2,1-3H3/b27-17-. The number of benzene rings is 2. The predicted octanol–water partition coefficient (Wildman–Crippen LogP) is 4.89. The molecule has 11 nitrogen and oxygen atoms in total. The van der Waals surface area contributed by atoms with Crippen LogP contribution >= 0.6 is 0 Å². The summed E-state index contributed by atoms with van der Waals surface area (Å²) in [4.78, 5) is 26.7. The minimum absolute atomic E-state index is 0.0207. The van der Waals surface area contributed by atoms with Gasteiger partial charge in [0.15, 0.2) is 0 Å². The van der Waals surface area contributed by atoms with Crippen molar-refractivity contribution in [2.75, 3.05) is 43.6 Å². The number of carbonyl (C=O) groups is 1. The molecule has 1 saturated carbocycles. The van der Waals surface area contributed by atoms with E-state index in [2.05, 4.69) is 5.32 Å². The Labute approximate surface area is 250 Å². The highest BCUT2D eigenvalue weighted by Crippen LogP contribution is 2.40. The number of nitro benzene ring substituents is 1. The van der Waals surface area contributed by atoms with Gasteiger partial charge in [0, 0.05) is 54.8 Å². The van der Waals surface area contributed by atoms with Gasteiger partial charge in [-0.25, -0.2) is 8.42 Å². The zero-order valence-electron chi connectivity index (χ0n) is 24.5. The molecule has 2 fully saturated rings. The average Bonchev–Trinajstić information content (AvgIpc) is 3.67. The Hall–Kier alpha value is -4.00. The number of rotatable bonds is 7. The predicted molar refractivity (Wildman–Crippen MR) is 165 cm³/mol. The maximum atomic E-state index is 13.4. The first-order valence-corrected chi connectivity index (χ1v) is 16.0. The molecule has 3 aliphatic rings. The summed E-state index contributed by atoms with van der Waals surface area (Å²) in [6.07, 6.45) is 6.03. The summed E-state index contributed by atoms with van der Waals surface area (Å²) in [7, 11) is -2.08. The third kappa shape index (κ3) is 5.23. The molecule has 3 aromatic rings. The summed E-state index contributed by atoms with van der Waals surface area (Å²) < 4.78 is 35.4. The van der Waals surface area contributed by atoms with E-state index < -0.39 is 10.0 Å². The van der Waals surface area contributed by atoms with Gasteiger partial charge in [-0.05, 0) is 74.7 Å². The molecule has 0 spiro atoms. The van der Waals surface area contributed by atoms with Gasteiger partial charge in [0.25, 0.3) is 11.6 Å². The smallest absolute Gasteiger partial charge is 0.294 e. The van der Waals surface area contributed by atoms with E-state index in [0.717, 1.165) is 42.6 Å². The number of fused-ring (bicyclic) bond motifs is 1. The lowest BCUT2D eigenvalue weighted by atomic mass is 10.0. The van der Waals surface area contributed by atoms with Gasteiger partial charge in [-0.3, -0.25) is 14.9 Å². The summed E-state index contributed by atoms with van der Waals surface area (Å²) >= 11 is 0. The zero-order valence-corrected chi connectivity index (χ0v) is 25.3. The molecule has 2 aromatic carbocycles. The number of amides is 1. The van der Waals surface area contributed by atoms with Gasteiger partial charge in [-0.15, -0.1) is 0 Å². The molecule has 6 rings (SSSR count). The number of nitrogens with one attached hydrogen (secondary N) is 1. The number of nitrogens with zero attached hydrogens (tertiary/aromatic N) is 4. The van der Waals surface area contributed by atoms with Crippen LogP contribution in [0.25, 0.3) is 17.3 Å². The number of aromatic nitrogens is 1. The highest BCUT2D eigenvalue weighted by atomic mass is 32.2. The molecule has 2 aliphatic heterocycles. The second-order valence-corrected chi connectivity index (χ2v) is 13.3. The van der Waals surface area contributed by atoms with Crippen molar-refractivity contribution in [2.24, 2.45) is 0 Å². The molecule has 226 valence electrons. The van der Waals surface area contributed by atoms with Crippen molar-refractivity contribution < 1.29 is 22.9 Å². The maximum Gasteiger partial charge on any atom is 0.294 e. The summed E-state index contributed by atoms with van der Waals surface area (Å²) in [6.45, 7) is 5.06. The van der Waals surface area contributed by atoms with Crippen molar-refractivity contribution in [3.8, 4) is 5.69 Å². The minimum atomic E-state index is -3.75. The molecule has 1 amide bonds. The third-order valence-corrected chi connectivity index (χ3v) is 10.6. The van der Waals surface area contributed by atoms with E-state index in [-0.39, 0.29) is 40.5 Å². The maximum absolute atomic E-state index is 13.4. The second kappa shape index (κ2) is 11.3. The van der Waals surface area contributed by atoms with Gasteiger partial charge < -0.3 is 19.5 Å². The number of carbonyl (C=O) groups excluding carboxylic acids is 1. The quantitative estimate of drug-likeness (QED) is 0.231. The van der Waals surface area contributed by atoms with E-state index in [1.54, 1.807) is 43.5 Å². The van der Waals surface area contributed by atoms with Crippen molar-refractivity contribution in [1.82, 2.24) is 8.87 Å². The van der Waals surface area contributed by atoms with Crippen molar-refractivity contribution in [3.63, 3.8) is 0 Å². The number of sulfonamides is 1. The van der Waals surface area contributed by atoms with E-state index in [9.17, 15) is 23.3 Å². The molecule has 1 saturated heterocycles. The van der Waals surface area contributed by atoms with E-state index in [4.69, 9.17) is 4.74 Å². The number of hydrogen-bond acceptors (Lipinski definition) is 7. The summed E-state index contributed by atoms with van der Waals surface area (Å²) in [6, 6.07) is 12.2. The molecule has 0 atom stereocenters. The van der Waals surface area contributed by atoms with Gasteiger partial charge in [-0.1, -0.05) is 12.8 Å². The largest absolute Gasteiger partial charge is 0.379 e. The van der Waals surface area contributed by atoms with Crippen LogP contribution in [0.1, 0.15) is 48.2 Å². The Balaban J connectivity index is 1.37. The van der Waals surface area contributed by atoms with Crippen LogP contribution in [-0.2, 0) is 19.6 Å². The third-order valence-electron chi connectivity index (χ3n) is 8.68. The molecule has 43 heavy (non-hydrogen) atoms. The van der Waals surface area contributed by atoms with Crippen molar-refractivity contribution >= 4 is 44.6 Å². The van der Waals surface area contributed by atoms with Crippen molar-refractivity contribution in [1.29, 1.82) is 0 Å². The van der Waals surface area contributed by atoms with Crippen molar-refractivity contribution in [3.05, 3.63) is 75.1 Å². The molecular formula is C31H35N5O6S. The first kappa shape index (κ1) is 29.1. The number of likely N-dealkylation sites (N-methyl/N-ethyl adjacent to an activating group) is 1. The number of anilines is 2. The monoisotopic (exact) mass is 605 g/mol. The van der Waals surface area contributed by atoms with Crippen molar-refractivity contribution in [2.45, 2.75) is 50.5 Å². The number of morpholine rings is 1. The van der Waals surface area contributed by atoms with E-state index >= 15 is 0 Å². The molecule has 0 unspecified atom stereocenters. The van der Waals surface area contributed by atoms with Gasteiger partial charge >= 0.3 is 0 Å². The normalized spacial score (nSPS) is 18.9. The molecule has 3 heterocycles. The Morgan fingerprint density at radius 2 is 1.77 bits per heavy atom.